The van der Waals surface area contributed by atoms with Gasteiger partial charge in [0, 0.05) is 0 Å². The number of carbonyl (C=O) groups excluding carboxylic acids is 1. The lowest BCUT2D eigenvalue weighted by Gasteiger charge is -2.07. The Morgan fingerprint density at radius 2 is 2.10 bits per heavy atom. The third kappa shape index (κ3) is 2.75. The average Bonchev–Trinajstić information content (AvgIpc) is 1.87. The number of halogens is 2. The molecule has 0 aromatic carbocycles. The molecular weight excluding hydrogens is 142 g/mol. The van der Waals surface area contributed by atoms with Crippen LogP contribution in [0.4, 0.5) is 8.78 Å². The van der Waals surface area contributed by atoms with Crippen molar-refractivity contribution in [1.82, 2.24) is 0 Å². The van der Waals surface area contributed by atoms with Crippen molar-refractivity contribution in [2.24, 2.45) is 5.92 Å². The lowest BCUT2D eigenvalue weighted by Crippen LogP contribution is -2.21. The van der Waals surface area contributed by atoms with Gasteiger partial charge in [-0.2, -0.15) is 0 Å². The Labute approximate surface area is 58.2 Å². The quantitative estimate of drug-likeness (QED) is 0.572. The van der Waals surface area contributed by atoms with Gasteiger partial charge in [-0.05, 0) is 13.8 Å². The average molecular weight is 152 g/mol. The van der Waals surface area contributed by atoms with Crippen molar-refractivity contribution in [3.63, 3.8) is 0 Å². The maximum atomic E-state index is 11.7. The molecule has 4 heteroatoms. The van der Waals surface area contributed by atoms with Crippen LogP contribution in [0.2, 0.25) is 0 Å². The van der Waals surface area contributed by atoms with Gasteiger partial charge in [0.15, 0.2) is 0 Å². The van der Waals surface area contributed by atoms with Gasteiger partial charge in [0.25, 0.3) is 6.43 Å². The molecule has 0 heterocycles. The van der Waals surface area contributed by atoms with E-state index in [1.165, 1.54) is 0 Å². The predicted octanol–water partition coefficient (Wildman–Crippen LogP) is 1.45. The van der Waals surface area contributed by atoms with E-state index in [1.54, 1.807) is 6.92 Å². The van der Waals surface area contributed by atoms with E-state index in [-0.39, 0.29) is 6.61 Å². The number of carbonyl (C=O) groups is 1. The number of alkyl halides is 2. The predicted molar refractivity (Wildman–Crippen MR) is 31.8 cm³/mol. The van der Waals surface area contributed by atoms with Crippen molar-refractivity contribution in [1.29, 1.82) is 0 Å². The minimum Gasteiger partial charge on any atom is -0.466 e. The minimum absolute atomic E-state index is 0.149. The Morgan fingerprint density at radius 3 is 2.40 bits per heavy atom. The normalized spacial score (nSPS) is 13.3. The number of ether oxygens (including phenoxy) is 1. The molecule has 1 atom stereocenters. The van der Waals surface area contributed by atoms with Crippen LogP contribution < -0.4 is 0 Å². The highest BCUT2D eigenvalue weighted by molar-refractivity contribution is 5.72. The highest BCUT2D eigenvalue weighted by Crippen LogP contribution is 2.09. The van der Waals surface area contributed by atoms with E-state index in [1.807, 2.05) is 0 Å². The molecule has 1 unspecified atom stereocenters. The first kappa shape index (κ1) is 9.33. The first-order valence-corrected chi connectivity index (χ1v) is 3.04. The van der Waals surface area contributed by atoms with E-state index >= 15 is 0 Å². The van der Waals surface area contributed by atoms with Crippen LogP contribution in [-0.2, 0) is 9.53 Å². The SMILES string of the molecule is CCOC(=O)C(C)C(F)F. The fourth-order valence-electron chi connectivity index (χ4n) is 0.377. The summed E-state index contributed by atoms with van der Waals surface area (Å²) in [7, 11) is 0. The summed E-state index contributed by atoms with van der Waals surface area (Å²) in [6, 6.07) is 0. The fraction of sp³-hybridized carbons (Fsp3) is 0.833. The van der Waals surface area contributed by atoms with Crippen LogP contribution in [-0.4, -0.2) is 19.0 Å². The van der Waals surface area contributed by atoms with Crippen LogP contribution in [0.1, 0.15) is 13.8 Å². The van der Waals surface area contributed by atoms with Gasteiger partial charge in [0.2, 0.25) is 0 Å². The lowest BCUT2D eigenvalue weighted by molar-refractivity contribution is -0.152. The topological polar surface area (TPSA) is 26.3 Å². The summed E-state index contributed by atoms with van der Waals surface area (Å²) >= 11 is 0. The largest absolute Gasteiger partial charge is 0.466 e. The summed E-state index contributed by atoms with van der Waals surface area (Å²) in [6.07, 6.45) is -2.63. The second-order valence-corrected chi connectivity index (χ2v) is 1.88. The van der Waals surface area contributed by atoms with E-state index in [0.717, 1.165) is 6.92 Å². The Morgan fingerprint density at radius 1 is 1.60 bits per heavy atom. The van der Waals surface area contributed by atoms with Gasteiger partial charge in [-0.1, -0.05) is 0 Å². The molecule has 0 radical (unpaired) electrons. The minimum atomic E-state index is -2.63. The summed E-state index contributed by atoms with van der Waals surface area (Å²) in [5, 5.41) is 0. The van der Waals surface area contributed by atoms with E-state index < -0.39 is 18.3 Å². The summed E-state index contributed by atoms with van der Waals surface area (Å²) < 4.78 is 27.7. The Kier molecular flexibility index (Phi) is 3.91. The zero-order valence-corrected chi connectivity index (χ0v) is 5.93. The Bertz CT molecular complexity index is 114. The maximum Gasteiger partial charge on any atom is 0.314 e. The molecule has 0 saturated carbocycles. The highest BCUT2D eigenvalue weighted by Gasteiger charge is 2.23. The van der Waals surface area contributed by atoms with Gasteiger partial charge in [-0.3, -0.25) is 4.79 Å². The molecule has 0 aliphatic carbocycles. The Balaban J connectivity index is 3.71. The maximum absolute atomic E-state index is 11.7. The number of rotatable bonds is 3. The summed E-state index contributed by atoms with van der Waals surface area (Å²) in [5.41, 5.74) is 0. The van der Waals surface area contributed by atoms with Crippen LogP contribution in [0.3, 0.4) is 0 Å². The monoisotopic (exact) mass is 152 g/mol. The zero-order valence-electron chi connectivity index (χ0n) is 5.93. The van der Waals surface area contributed by atoms with Crippen LogP contribution >= 0.6 is 0 Å². The molecule has 0 aromatic rings. The molecule has 0 N–H and O–H groups in total. The van der Waals surface area contributed by atoms with Crippen molar-refractivity contribution < 1.29 is 18.3 Å². The van der Waals surface area contributed by atoms with Crippen molar-refractivity contribution >= 4 is 5.97 Å². The van der Waals surface area contributed by atoms with Crippen molar-refractivity contribution in [2.45, 2.75) is 20.3 Å². The van der Waals surface area contributed by atoms with Gasteiger partial charge < -0.3 is 4.74 Å². The second-order valence-electron chi connectivity index (χ2n) is 1.88. The van der Waals surface area contributed by atoms with Crippen LogP contribution in [0.25, 0.3) is 0 Å². The lowest BCUT2D eigenvalue weighted by atomic mass is 10.2. The van der Waals surface area contributed by atoms with E-state index in [2.05, 4.69) is 4.74 Å². The molecule has 0 amide bonds. The van der Waals surface area contributed by atoms with Gasteiger partial charge in [-0.15, -0.1) is 0 Å². The second kappa shape index (κ2) is 4.19. The van der Waals surface area contributed by atoms with Crippen molar-refractivity contribution in [2.75, 3.05) is 6.61 Å². The summed E-state index contributed by atoms with van der Waals surface area (Å²) in [6.45, 7) is 2.87. The molecule has 0 rings (SSSR count). The third-order valence-electron chi connectivity index (χ3n) is 1.04. The standard InChI is InChI=1S/C6H10F2O2/c1-3-10-6(9)4(2)5(7)8/h4-5H,3H2,1-2H3. The van der Waals surface area contributed by atoms with Crippen LogP contribution in [0, 0.1) is 5.92 Å². The smallest absolute Gasteiger partial charge is 0.314 e. The van der Waals surface area contributed by atoms with Crippen molar-refractivity contribution in [3.05, 3.63) is 0 Å². The molecule has 0 spiro atoms. The summed E-state index contributed by atoms with van der Waals surface area (Å²) in [4.78, 5) is 10.5. The molecule has 0 aromatic heterocycles. The summed E-state index contributed by atoms with van der Waals surface area (Å²) in [5.74, 6) is -2.14. The highest BCUT2D eigenvalue weighted by atomic mass is 19.3. The first-order chi connectivity index (χ1) is 4.59. The third-order valence-corrected chi connectivity index (χ3v) is 1.04. The molecule has 0 fully saturated rings. The van der Waals surface area contributed by atoms with E-state index in [0.29, 0.717) is 0 Å². The van der Waals surface area contributed by atoms with Gasteiger partial charge >= 0.3 is 5.97 Å². The molecular formula is C6H10F2O2. The van der Waals surface area contributed by atoms with E-state index in [9.17, 15) is 13.6 Å². The van der Waals surface area contributed by atoms with E-state index in [4.69, 9.17) is 0 Å². The number of hydrogen-bond donors (Lipinski definition) is 0. The fourth-order valence-corrected chi connectivity index (χ4v) is 0.377. The molecule has 0 bridgehead atoms. The van der Waals surface area contributed by atoms with Gasteiger partial charge in [-0.25, -0.2) is 8.78 Å². The van der Waals surface area contributed by atoms with Gasteiger partial charge in [0.05, 0.1) is 6.61 Å². The van der Waals surface area contributed by atoms with Crippen LogP contribution in [0.5, 0.6) is 0 Å². The van der Waals surface area contributed by atoms with Gasteiger partial charge in [0.1, 0.15) is 5.92 Å². The molecule has 60 valence electrons. The zero-order chi connectivity index (χ0) is 8.15. The van der Waals surface area contributed by atoms with Crippen LogP contribution in [0.15, 0.2) is 0 Å². The Hall–Kier alpha value is -0.670. The molecule has 0 saturated heterocycles. The number of hydrogen-bond acceptors (Lipinski definition) is 2. The first-order valence-electron chi connectivity index (χ1n) is 3.04. The molecule has 10 heavy (non-hydrogen) atoms. The molecule has 0 aliphatic heterocycles. The van der Waals surface area contributed by atoms with Crippen molar-refractivity contribution in [3.8, 4) is 0 Å². The molecule has 2 nitrogen and oxygen atoms in total. The number of esters is 1. The molecule has 0 aliphatic rings.